The Morgan fingerprint density at radius 2 is 1.90 bits per heavy atom. The van der Waals surface area contributed by atoms with E-state index in [-0.39, 0.29) is 5.69 Å². The Morgan fingerprint density at radius 1 is 1.20 bits per heavy atom. The van der Waals surface area contributed by atoms with Crippen LogP contribution in [0.25, 0.3) is 0 Å². The summed E-state index contributed by atoms with van der Waals surface area (Å²) in [6.07, 6.45) is 1.50. The Balaban J connectivity index is 1.97. The normalized spacial score (nSPS) is 9.85. The summed E-state index contributed by atoms with van der Waals surface area (Å²) in [6, 6.07) is 9.30. The number of thiocarbonyl (C=S) groups is 1. The summed E-state index contributed by atoms with van der Waals surface area (Å²) in [5, 5.41) is 17.2. The maximum absolute atomic E-state index is 10.5. The van der Waals surface area contributed by atoms with Crippen molar-refractivity contribution in [2.45, 2.75) is 0 Å². The molecule has 0 aliphatic carbocycles. The highest BCUT2D eigenvalue weighted by Crippen LogP contribution is 2.16. The fraction of sp³-hybridized carbons (Fsp3) is 0. The summed E-state index contributed by atoms with van der Waals surface area (Å²) in [5.74, 6) is 0.550. The molecule has 0 radical (unpaired) electrons. The van der Waals surface area contributed by atoms with Gasteiger partial charge in [0.2, 0.25) is 0 Å². The second-order valence-electron chi connectivity index (χ2n) is 3.74. The monoisotopic (exact) mass is 308 g/mol. The number of rotatable bonds is 3. The molecular weight excluding hydrogens is 300 g/mol. The van der Waals surface area contributed by atoms with Crippen molar-refractivity contribution in [2.24, 2.45) is 0 Å². The first-order chi connectivity index (χ1) is 9.54. The molecule has 102 valence electrons. The predicted octanol–water partition coefficient (Wildman–Crippen LogP) is 3.45. The number of nitro groups is 1. The summed E-state index contributed by atoms with van der Waals surface area (Å²) >= 11 is 10.8. The van der Waals surface area contributed by atoms with E-state index in [1.54, 1.807) is 24.3 Å². The van der Waals surface area contributed by atoms with Crippen LogP contribution in [-0.4, -0.2) is 15.0 Å². The number of halogens is 1. The molecule has 2 rings (SSSR count). The lowest BCUT2D eigenvalue weighted by atomic mass is 10.3. The van der Waals surface area contributed by atoms with Gasteiger partial charge < -0.3 is 10.6 Å². The molecule has 0 unspecified atom stereocenters. The van der Waals surface area contributed by atoms with E-state index in [9.17, 15) is 10.1 Å². The number of aromatic nitrogens is 1. The third kappa shape index (κ3) is 3.87. The van der Waals surface area contributed by atoms with Gasteiger partial charge in [0.1, 0.15) is 5.82 Å². The number of anilines is 2. The topological polar surface area (TPSA) is 80.1 Å². The fourth-order valence-corrected chi connectivity index (χ4v) is 1.73. The largest absolute Gasteiger partial charge is 0.332 e. The van der Waals surface area contributed by atoms with Gasteiger partial charge >= 0.3 is 0 Å². The van der Waals surface area contributed by atoms with Crippen molar-refractivity contribution < 1.29 is 4.92 Å². The maximum Gasteiger partial charge on any atom is 0.269 e. The average molecular weight is 309 g/mol. The van der Waals surface area contributed by atoms with Crippen molar-refractivity contribution in [1.29, 1.82) is 0 Å². The molecule has 0 atom stereocenters. The predicted molar refractivity (Wildman–Crippen MR) is 82.2 cm³/mol. The van der Waals surface area contributed by atoms with Crippen LogP contribution in [-0.2, 0) is 0 Å². The molecule has 1 aromatic heterocycles. The summed E-state index contributed by atoms with van der Waals surface area (Å²) in [5.41, 5.74) is 0.663. The van der Waals surface area contributed by atoms with Crippen LogP contribution in [0.3, 0.4) is 0 Å². The molecule has 0 saturated heterocycles. The van der Waals surface area contributed by atoms with E-state index in [4.69, 9.17) is 23.8 Å². The van der Waals surface area contributed by atoms with Gasteiger partial charge in [-0.2, -0.15) is 0 Å². The van der Waals surface area contributed by atoms with Gasteiger partial charge in [-0.1, -0.05) is 11.6 Å². The lowest BCUT2D eigenvalue weighted by molar-refractivity contribution is -0.384. The van der Waals surface area contributed by atoms with E-state index in [1.165, 1.54) is 18.3 Å². The zero-order valence-electron chi connectivity index (χ0n) is 10.0. The summed E-state index contributed by atoms with van der Waals surface area (Å²) in [7, 11) is 0. The summed E-state index contributed by atoms with van der Waals surface area (Å²) in [4.78, 5) is 14.1. The minimum absolute atomic E-state index is 0.0220. The molecule has 1 heterocycles. The Hall–Kier alpha value is -2.25. The second-order valence-corrected chi connectivity index (χ2v) is 4.59. The smallest absolute Gasteiger partial charge is 0.269 e. The molecule has 2 aromatic rings. The second kappa shape index (κ2) is 6.27. The molecular formula is C12H9ClN4O2S. The number of nitrogens with zero attached hydrogens (tertiary/aromatic N) is 2. The van der Waals surface area contributed by atoms with Crippen LogP contribution in [0.4, 0.5) is 17.2 Å². The molecule has 0 amide bonds. The Labute approximate surface area is 124 Å². The zero-order valence-corrected chi connectivity index (χ0v) is 11.6. The molecule has 8 heteroatoms. The van der Waals surface area contributed by atoms with E-state index in [0.29, 0.717) is 21.6 Å². The van der Waals surface area contributed by atoms with Crippen molar-refractivity contribution in [3.8, 4) is 0 Å². The van der Waals surface area contributed by atoms with Crippen molar-refractivity contribution in [2.75, 3.05) is 10.6 Å². The molecule has 0 spiro atoms. The van der Waals surface area contributed by atoms with Gasteiger partial charge in [-0.05, 0) is 36.5 Å². The molecule has 0 bridgehead atoms. The summed E-state index contributed by atoms with van der Waals surface area (Å²) in [6.45, 7) is 0. The number of nitrogens with one attached hydrogen (secondary N) is 2. The molecule has 0 aliphatic heterocycles. The van der Waals surface area contributed by atoms with Crippen molar-refractivity contribution in [3.63, 3.8) is 0 Å². The maximum atomic E-state index is 10.5. The van der Waals surface area contributed by atoms with E-state index < -0.39 is 4.92 Å². The minimum Gasteiger partial charge on any atom is -0.332 e. The lowest BCUT2D eigenvalue weighted by Gasteiger charge is -2.09. The van der Waals surface area contributed by atoms with Gasteiger partial charge in [0.05, 0.1) is 9.95 Å². The number of hydrogen-bond acceptors (Lipinski definition) is 4. The molecule has 1 aromatic carbocycles. The highest BCUT2D eigenvalue weighted by atomic mass is 35.5. The van der Waals surface area contributed by atoms with Crippen molar-refractivity contribution in [3.05, 3.63) is 57.7 Å². The van der Waals surface area contributed by atoms with Crippen molar-refractivity contribution >= 4 is 46.1 Å². The number of hydrogen-bond donors (Lipinski definition) is 2. The van der Waals surface area contributed by atoms with E-state index in [0.717, 1.165) is 0 Å². The first-order valence-electron chi connectivity index (χ1n) is 5.48. The molecule has 20 heavy (non-hydrogen) atoms. The van der Waals surface area contributed by atoms with Crippen LogP contribution in [0.1, 0.15) is 0 Å². The molecule has 0 fully saturated rings. The number of pyridine rings is 1. The van der Waals surface area contributed by atoms with E-state index >= 15 is 0 Å². The van der Waals surface area contributed by atoms with Crippen LogP contribution in [0.15, 0.2) is 42.6 Å². The third-order valence-corrected chi connectivity index (χ3v) is 2.73. The number of non-ortho nitro benzene ring substituents is 1. The number of benzene rings is 1. The summed E-state index contributed by atoms with van der Waals surface area (Å²) < 4.78 is 0. The zero-order chi connectivity index (χ0) is 14.5. The van der Waals surface area contributed by atoms with Gasteiger partial charge in [0.15, 0.2) is 5.11 Å². The average Bonchev–Trinajstić information content (AvgIpc) is 2.42. The quantitative estimate of drug-likeness (QED) is 0.513. The van der Waals surface area contributed by atoms with Gasteiger partial charge in [-0.25, -0.2) is 4.98 Å². The Bertz CT molecular complexity index is 631. The molecule has 0 saturated carbocycles. The standard InChI is InChI=1S/C12H9ClN4O2S/c13-8-1-6-11(14-7-8)16-12(20)15-9-2-4-10(5-3-9)17(18)19/h1-7H,(H2,14,15,16,20). The van der Waals surface area contributed by atoms with E-state index in [2.05, 4.69) is 15.6 Å². The van der Waals surface area contributed by atoms with Gasteiger partial charge in [-0.3, -0.25) is 10.1 Å². The molecule has 0 aliphatic rings. The highest BCUT2D eigenvalue weighted by Gasteiger charge is 2.05. The van der Waals surface area contributed by atoms with Gasteiger partial charge in [-0.15, -0.1) is 0 Å². The van der Waals surface area contributed by atoms with E-state index in [1.807, 2.05) is 0 Å². The number of nitro benzene ring substituents is 1. The molecule has 2 N–H and O–H groups in total. The van der Waals surface area contributed by atoms with Gasteiger partial charge in [0, 0.05) is 24.0 Å². The van der Waals surface area contributed by atoms with Crippen LogP contribution in [0.5, 0.6) is 0 Å². The molecule has 6 nitrogen and oxygen atoms in total. The fourth-order valence-electron chi connectivity index (χ4n) is 1.39. The first kappa shape index (κ1) is 14.2. The van der Waals surface area contributed by atoms with Crippen LogP contribution in [0, 0.1) is 10.1 Å². The van der Waals surface area contributed by atoms with Crippen LogP contribution >= 0.6 is 23.8 Å². The first-order valence-corrected chi connectivity index (χ1v) is 6.27. The third-order valence-electron chi connectivity index (χ3n) is 2.30. The lowest BCUT2D eigenvalue weighted by Crippen LogP contribution is -2.19. The Kier molecular flexibility index (Phi) is 4.44. The van der Waals surface area contributed by atoms with Crippen molar-refractivity contribution in [1.82, 2.24) is 4.98 Å². The van der Waals surface area contributed by atoms with Crippen LogP contribution < -0.4 is 10.6 Å². The minimum atomic E-state index is -0.460. The SMILES string of the molecule is O=[N+]([O-])c1ccc(NC(=S)Nc2ccc(Cl)cn2)cc1. The highest BCUT2D eigenvalue weighted by molar-refractivity contribution is 7.80. The Morgan fingerprint density at radius 3 is 2.45 bits per heavy atom. The van der Waals surface area contributed by atoms with Gasteiger partial charge in [0.25, 0.3) is 5.69 Å². The van der Waals surface area contributed by atoms with Crippen LogP contribution in [0.2, 0.25) is 5.02 Å².